The van der Waals surface area contributed by atoms with E-state index in [9.17, 15) is 5.11 Å². The molecule has 0 aliphatic rings. The zero-order valence-electron chi connectivity index (χ0n) is 10.5. The van der Waals surface area contributed by atoms with E-state index in [1.165, 1.54) is 0 Å². The van der Waals surface area contributed by atoms with Gasteiger partial charge < -0.3 is 9.52 Å². The monoisotopic (exact) mass is 350 g/mol. The average molecular weight is 352 g/mol. The molecule has 0 bridgehead atoms. The number of furan rings is 1. The summed E-state index contributed by atoms with van der Waals surface area (Å²) in [7, 11) is 0. The Bertz CT molecular complexity index is 751. The van der Waals surface area contributed by atoms with Crippen LogP contribution in [0.2, 0.25) is 5.02 Å². The standard InChI is InChI=1S/C16H12BrClO2/c17-12-5-1-3-10(7-12)8-14(19)15-9-11-4-2-6-13(18)16(11)20-15/h1-7,9,14,19H,8H2. The van der Waals surface area contributed by atoms with Crippen LogP contribution in [0, 0.1) is 0 Å². The fraction of sp³-hybridized carbons (Fsp3) is 0.125. The van der Waals surface area contributed by atoms with Gasteiger partial charge in [-0.15, -0.1) is 0 Å². The summed E-state index contributed by atoms with van der Waals surface area (Å²) >= 11 is 9.50. The first kappa shape index (κ1) is 13.7. The smallest absolute Gasteiger partial charge is 0.152 e. The fourth-order valence-corrected chi connectivity index (χ4v) is 2.87. The minimum absolute atomic E-state index is 0.497. The molecule has 102 valence electrons. The molecule has 1 atom stereocenters. The predicted molar refractivity (Wildman–Crippen MR) is 84.0 cm³/mol. The summed E-state index contributed by atoms with van der Waals surface area (Å²) in [6.07, 6.45) is -0.190. The van der Waals surface area contributed by atoms with Crippen LogP contribution in [-0.2, 0) is 6.42 Å². The Hall–Kier alpha value is -1.29. The normalized spacial score (nSPS) is 12.8. The lowest BCUT2D eigenvalue weighted by atomic mass is 10.1. The van der Waals surface area contributed by atoms with Gasteiger partial charge >= 0.3 is 0 Å². The number of hydrogen-bond donors (Lipinski definition) is 1. The molecule has 0 aliphatic carbocycles. The van der Waals surface area contributed by atoms with Gasteiger partial charge in [0.2, 0.25) is 0 Å². The zero-order valence-corrected chi connectivity index (χ0v) is 12.9. The molecule has 0 saturated carbocycles. The van der Waals surface area contributed by atoms with Gasteiger partial charge in [0.15, 0.2) is 5.58 Å². The van der Waals surface area contributed by atoms with Crippen LogP contribution in [0.25, 0.3) is 11.0 Å². The van der Waals surface area contributed by atoms with Crippen molar-refractivity contribution < 1.29 is 9.52 Å². The summed E-state index contributed by atoms with van der Waals surface area (Å²) < 4.78 is 6.66. The summed E-state index contributed by atoms with van der Waals surface area (Å²) in [6.45, 7) is 0. The van der Waals surface area contributed by atoms with E-state index in [-0.39, 0.29) is 0 Å². The molecule has 4 heteroatoms. The molecule has 1 heterocycles. The molecule has 3 aromatic rings. The van der Waals surface area contributed by atoms with Crippen molar-refractivity contribution in [3.63, 3.8) is 0 Å². The van der Waals surface area contributed by atoms with Gasteiger partial charge in [0.05, 0.1) is 5.02 Å². The Kier molecular flexibility index (Phi) is 3.83. The van der Waals surface area contributed by atoms with Crippen molar-refractivity contribution in [3.8, 4) is 0 Å². The van der Waals surface area contributed by atoms with Crippen molar-refractivity contribution in [1.82, 2.24) is 0 Å². The van der Waals surface area contributed by atoms with Crippen LogP contribution in [0.4, 0.5) is 0 Å². The van der Waals surface area contributed by atoms with Gasteiger partial charge in [0, 0.05) is 16.3 Å². The van der Waals surface area contributed by atoms with E-state index in [0.717, 1.165) is 15.4 Å². The minimum Gasteiger partial charge on any atom is -0.457 e. The molecule has 0 amide bonds. The Labute approximate surface area is 130 Å². The largest absolute Gasteiger partial charge is 0.457 e. The van der Waals surface area contributed by atoms with E-state index in [1.54, 1.807) is 6.07 Å². The van der Waals surface area contributed by atoms with E-state index in [1.807, 2.05) is 42.5 Å². The van der Waals surface area contributed by atoms with Gasteiger partial charge in [-0.3, -0.25) is 0 Å². The van der Waals surface area contributed by atoms with Gasteiger partial charge in [-0.05, 0) is 29.8 Å². The van der Waals surface area contributed by atoms with Crippen molar-refractivity contribution in [3.05, 3.63) is 69.3 Å². The zero-order chi connectivity index (χ0) is 14.1. The van der Waals surface area contributed by atoms with Gasteiger partial charge in [-0.1, -0.05) is 51.8 Å². The van der Waals surface area contributed by atoms with Gasteiger partial charge in [-0.2, -0.15) is 0 Å². The second kappa shape index (κ2) is 5.60. The number of halogens is 2. The van der Waals surface area contributed by atoms with E-state index < -0.39 is 6.10 Å². The molecular weight excluding hydrogens is 340 g/mol. The molecule has 2 aromatic carbocycles. The second-order valence-electron chi connectivity index (χ2n) is 4.66. The first-order valence-corrected chi connectivity index (χ1v) is 7.41. The van der Waals surface area contributed by atoms with E-state index in [4.69, 9.17) is 16.0 Å². The lowest BCUT2D eigenvalue weighted by molar-refractivity contribution is 0.152. The lowest BCUT2D eigenvalue weighted by Crippen LogP contribution is -2.00. The van der Waals surface area contributed by atoms with Crippen molar-refractivity contribution >= 4 is 38.5 Å². The number of rotatable bonds is 3. The summed E-state index contributed by atoms with van der Waals surface area (Å²) in [6, 6.07) is 15.3. The minimum atomic E-state index is -0.687. The van der Waals surface area contributed by atoms with Crippen molar-refractivity contribution in [1.29, 1.82) is 0 Å². The molecule has 0 fully saturated rings. The molecule has 0 aliphatic heterocycles. The molecule has 1 unspecified atom stereocenters. The highest BCUT2D eigenvalue weighted by Crippen LogP contribution is 2.30. The maximum atomic E-state index is 10.3. The molecule has 0 spiro atoms. The Balaban J connectivity index is 1.89. The van der Waals surface area contributed by atoms with E-state index in [2.05, 4.69) is 15.9 Å². The summed E-state index contributed by atoms with van der Waals surface area (Å²) in [5.74, 6) is 0.535. The van der Waals surface area contributed by atoms with Crippen molar-refractivity contribution in [2.45, 2.75) is 12.5 Å². The van der Waals surface area contributed by atoms with E-state index in [0.29, 0.717) is 22.8 Å². The Morgan fingerprint density at radius 3 is 2.70 bits per heavy atom. The van der Waals surface area contributed by atoms with E-state index >= 15 is 0 Å². The summed E-state index contributed by atoms with van der Waals surface area (Å²) in [4.78, 5) is 0. The van der Waals surface area contributed by atoms with Crippen molar-refractivity contribution in [2.75, 3.05) is 0 Å². The highest BCUT2D eigenvalue weighted by Gasteiger charge is 2.15. The maximum absolute atomic E-state index is 10.3. The fourth-order valence-electron chi connectivity index (χ4n) is 2.20. The van der Waals surface area contributed by atoms with Gasteiger partial charge in [0.1, 0.15) is 11.9 Å². The molecule has 0 saturated heterocycles. The molecule has 0 radical (unpaired) electrons. The van der Waals surface area contributed by atoms with Gasteiger partial charge in [-0.25, -0.2) is 0 Å². The molecule has 3 rings (SSSR count). The van der Waals surface area contributed by atoms with Crippen molar-refractivity contribution in [2.24, 2.45) is 0 Å². The molecule has 1 N–H and O–H groups in total. The number of para-hydroxylation sites is 1. The van der Waals surface area contributed by atoms with Crippen LogP contribution >= 0.6 is 27.5 Å². The number of aliphatic hydroxyl groups excluding tert-OH is 1. The SMILES string of the molecule is OC(Cc1cccc(Br)c1)c1cc2cccc(Cl)c2o1. The third-order valence-corrected chi connectivity index (χ3v) is 3.95. The van der Waals surface area contributed by atoms with Crippen LogP contribution in [0.1, 0.15) is 17.4 Å². The quantitative estimate of drug-likeness (QED) is 0.710. The first-order valence-electron chi connectivity index (χ1n) is 6.24. The second-order valence-corrected chi connectivity index (χ2v) is 5.98. The topological polar surface area (TPSA) is 33.4 Å². The lowest BCUT2D eigenvalue weighted by Gasteiger charge is -2.07. The predicted octanol–water partition coefficient (Wildman–Crippen LogP) is 5.12. The van der Waals surface area contributed by atoms with Crippen LogP contribution < -0.4 is 0 Å². The molecule has 20 heavy (non-hydrogen) atoms. The number of hydrogen-bond acceptors (Lipinski definition) is 2. The summed E-state index contributed by atoms with van der Waals surface area (Å²) in [5, 5.41) is 11.8. The number of aliphatic hydroxyl groups is 1. The number of fused-ring (bicyclic) bond motifs is 1. The van der Waals surface area contributed by atoms with Crippen LogP contribution in [0.5, 0.6) is 0 Å². The molecule has 1 aromatic heterocycles. The maximum Gasteiger partial charge on any atom is 0.152 e. The highest BCUT2D eigenvalue weighted by atomic mass is 79.9. The van der Waals surface area contributed by atoms with Gasteiger partial charge in [0.25, 0.3) is 0 Å². The first-order chi connectivity index (χ1) is 9.63. The third-order valence-electron chi connectivity index (χ3n) is 3.16. The number of benzene rings is 2. The Morgan fingerprint density at radius 1 is 1.15 bits per heavy atom. The van der Waals surface area contributed by atoms with Crippen LogP contribution in [-0.4, -0.2) is 5.11 Å². The van der Waals surface area contributed by atoms with Crippen LogP contribution in [0.3, 0.4) is 0 Å². The highest BCUT2D eigenvalue weighted by molar-refractivity contribution is 9.10. The molecule has 2 nitrogen and oxygen atoms in total. The summed E-state index contributed by atoms with van der Waals surface area (Å²) in [5.41, 5.74) is 1.66. The third kappa shape index (κ3) is 2.75. The van der Waals surface area contributed by atoms with Crippen LogP contribution in [0.15, 0.2) is 57.4 Å². The Morgan fingerprint density at radius 2 is 1.95 bits per heavy atom. The molecular formula is C16H12BrClO2. The average Bonchev–Trinajstić information content (AvgIpc) is 2.84.